The van der Waals surface area contributed by atoms with E-state index in [1.54, 1.807) is 0 Å². The summed E-state index contributed by atoms with van der Waals surface area (Å²) in [7, 11) is 0. The third-order valence-corrected chi connectivity index (χ3v) is 2.14. The third-order valence-electron chi connectivity index (χ3n) is 2.14. The van der Waals surface area contributed by atoms with Gasteiger partial charge in [0.1, 0.15) is 0 Å². The third kappa shape index (κ3) is 9.47. The fourth-order valence-electron chi connectivity index (χ4n) is 1.48. The van der Waals surface area contributed by atoms with Gasteiger partial charge in [0.2, 0.25) is 5.91 Å². The quantitative estimate of drug-likeness (QED) is 0.559. The molecule has 0 aromatic carbocycles. The number of hydrogen-bond donors (Lipinski definition) is 1. The van der Waals surface area contributed by atoms with Gasteiger partial charge >= 0.3 is 0 Å². The predicted molar refractivity (Wildman–Crippen MR) is 51.7 cm³/mol. The highest BCUT2D eigenvalue weighted by Gasteiger charge is 2.05. The summed E-state index contributed by atoms with van der Waals surface area (Å²) < 4.78 is 0. The summed E-state index contributed by atoms with van der Waals surface area (Å²) in [5.41, 5.74) is 4.47. The van der Waals surface area contributed by atoms with Gasteiger partial charge in [-0.3, -0.25) is 4.79 Å². The molecule has 1 fully saturated rings. The van der Waals surface area contributed by atoms with Crippen molar-refractivity contribution in [3.8, 4) is 0 Å². The highest BCUT2D eigenvalue weighted by molar-refractivity contribution is 5.70. The zero-order valence-electron chi connectivity index (χ0n) is 8.31. The second-order valence-electron chi connectivity index (χ2n) is 3.71. The minimum absolute atomic E-state index is 0.333. The molecule has 1 rings (SSSR count). The van der Waals surface area contributed by atoms with E-state index in [4.69, 9.17) is 0 Å². The van der Waals surface area contributed by atoms with Gasteiger partial charge in [0, 0.05) is 6.92 Å². The normalized spacial score (nSPS) is 18.8. The maximum Gasteiger partial charge on any atom is 0.214 e. The molecule has 1 saturated carbocycles. The Bertz CT molecular complexity index is 111. The molecule has 2 heteroatoms. The van der Waals surface area contributed by atoms with Crippen molar-refractivity contribution >= 4 is 5.91 Å². The maximum atomic E-state index is 9.22. The highest BCUT2D eigenvalue weighted by atomic mass is 16.1. The lowest BCUT2D eigenvalue weighted by molar-refractivity contribution is -0.115. The van der Waals surface area contributed by atoms with Gasteiger partial charge < -0.3 is 5.73 Å². The number of amides is 1. The molecule has 0 spiro atoms. The van der Waals surface area contributed by atoms with E-state index in [-0.39, 0.29) is 5.91 Å². The molecule has 1 amide bonds. The van der Waals surface area contributed by atoms with Crippen LogP contribution in [0, 0.1) is 5.92 Å². The van der Waals surface area contributed by atoms with Crippen LogP contribution in [0.4, 0.5) is 0 Å². The molecular formula is C10H21NO. The fourth-order valence-corrected chi connectivity index (χ4v) is 1.48. The van der Waals surface area contributed by atoms with Gasteiger partial charge in [0.15, 0.2) is 0 Å². The lowest BCUT2D eigenvalue weighted by atomic mass is 10.0. The maximum absolute atomic E-state index is 9.22. The van der Waals surface area contributed by atoms with Crippen LogP contribution in [0.1, 0.15) is 52.4 Å². The van der Waals surface area contributed by atoms with Crippen molar-refractivity contribution in [1.29, 1.82) is 0 Å². The monoisotopic (exact) mass is 171 g/mol. The smallest absolute Gasteiger partial charge is 0.214 e. The summed E-state index contributed by atoms with van der Waals surface area (Å²) in [5, 5.41) is 0. The average molecular weight is 171 g/mol. The number of nitrogens with two attached hydrogens (primary N) is 1. The molecule has 0 aliphatic heterocycles. The molecule has 0 atom stereocenters. The summed E-state index contributed by atoms with van der Waals surface area (Å²) in [6.45, 7) is 3.69. The minimum atomic E-state index is -0.333. The molecular weight excluding hydrogens is 150 g/mol. The molecule has 0 bridgehead atoms. The van der Waals surface area contributed by atoms with Crippen molar-refractivity contribution in [2.45, 2.75) is 52.4 Å². The Balaban J connectivity index is 0.000000261. The van der Waals surface area contributed by atoms with Gasteiger partial charge in [-0.25, -0.2) is 0 Å². The lowest BCUT2D eigenvalue weighted by Crippen LogP contribution is -2.01. The predicted octanol–water partition coefficient (Wildman–Crippen LogP) is 2.47. The number of rotatable bonds is 0. The van der Waals surface area contributed by atoms with E-state index in [9.17, 15) is 4.79 Å². The summed E-state index contributed by atoms with van der Waals surface area (Å²) in [4.78, 5) is 9.22. The van der Waals surface area contributed by atoms with E-state index in [1.165, 1.54) is 45.4 Å². The Hall–Kier alpha value is -0.530. The van der Waals surface area contributed by atoms with Gasteiger partial charge in [0.25, 0.3) is 0 Å². The van der Waals surface area contributed by atoms with Crippen LogP contribution in [0.3, 0.4) is 0 Å². The molecule has 12 heavy (non-hydrogen) atoms. The Labute approximate surface area is 75.5 Å². The minimum Gasteiger partial charge on any atom is -0.370 e. The van der Waals surface area contributed by atoms with Crippen molar-refractivity contribution in [3.63, 3.8) is 0 Å². The zero-order valence-corrected chi connectivity index (χ0v) is 8.31. The van der Waals surface area contributed by atoms with Crippen molar-refractivity contribution < 1.29 is 4.79 Å². The van der Waals surface area contributed by atoms with Crippen LogP contribution in [0.15, 0.2) is 0 Å². The Morgan fingerprint density at radius 1 is 1.17 bits per heavy atom. The van der Waals surface area contributed by atoms with Crippen LogP contribution >= 0.6 is 0 Å². The molecule has 0 unspecified atom stereocenters. The Morgan fingerprint density at radius 2 is 1.50 bits per heavy atom. The molecule has 0 radical (unpaired) electrons. The molecule has 0 aromatic heterocycles. The fraction of sp³-hybridized carbons (Fsp3) is 0.900. The van der Waals surface area contributed by atoms with Gasteiger partial charge in [0.05, 0.1) is 0 Å². The molecule has 1 aliphatic rings. The molecule has 72 valence electrons. The van der Waals surface area contributed by atoms with E-state index in [1.807, 2.05) is 0 Å². The van der Waals surface area contributed by atoms with Crippen LogP contribution < -0.4 is 5.73 Å². The lowest BCUT2D eigenvalue weighted by Gasteiger charge is -2.02. The first-order chi connectivity index (χ1) is 5.63. The first-order valence-electron chi connectivity index (χ1n) is 4.89. The molecule has 0 aromatic rings. The number of carbonyl (C=O) groups excluding carboxylic acids is 1. The van der Waals surface area contributed by atoms with Crippen molar-refractivity contribution in [2.75, 3.05) is 0 Å². The first kappa shape index (κ1) is 11.5. The van der Waals surface area contributed by atoms with Gasteiger partial charge in [-0.05, 0) is 5.92 Å². The molecule has 1 aliphatic carbocycles. The second kappa shape index (κ2) is 7.14. The second-order valence-corrected chi connectivity index (χ2v) is 3.71. The Kier molecular flexibility index (Phi) is 6.82. The zero-order chi connectivity index (χ0) is 9.40. The first-order valence-corrected chi connectivity index (χ1v) is 4.89. The standard InChI is InChI=1S/C8H16.C2H5NO/c1-8-6-4-2-3-5-7-8;1-2(3)4/h8H,2-7H2,1H3;1H3,(H2,3,4). The summed E-state index contributed by atoms with van der Waals surface area (Å²) in [5.74, 6) is 0.692. The van der Waals surface area contributed by atoms with Crippen LogP contribution in [-0.4, -0.2) is 5.91 Å². The van der Waals surface area contributed by atoms with Crippen LogP contribution in [-0.2, 0) is 4.79 Å². The van der Waals surface area contributed by atoms with E-state index in [0.717, 1.165) is 5.92 Å². The molecule has 2 nitrogen and oxygen atoms in total. The number of primary amides is 1. The Morgan fingerprint density at radius 3 is 1.83 bits per heavy atom. The van der Waals surface area contributed by atoms with Gasteiger partial charge in [-0.1, -0.05) is 45.4 Å². The molecule has 2 N–H and O–H groups in total. The van der Waals surface area contributed by atoms with E-state index in [2.05, 4.69) is 12.7 Å². The number of hydrogen-bond acceptors (Lipinski definition) is 1. The van der Waals surface area contributed by atoms with Crippen LogP contribution in [0.25, 0.3) is 0 Å². The molecule has 0 saturated heterocycles. The summed E-state index contributed by atoms with van der Waals surface area (Å²) >= 11 is 0. The van der Waals surface area contributed by atoms with E-state index in [0.29, 0.717) is 0 Å². The highest BCUT2D eigenvalue weighted by Crippen LogP contribution is 2.21. The van der Waals surface area contributed by atoms with Crippen molar-refractivity contribution in [3.05, 3.63) is 0 Å². The van der Waals surface area contributed by atoms with Crippen LogP contribution in [0.5, 0.6) is 0 Å². The topological polar surface area (TPSA) is 43.1 Å². The number of carbonyl (C=O) groups is 1. The van der Waals surface area contributed by atoms with Crippen molar-refractivity contribution in [1.82, 2.24) is 0 Å². The van der Waals surface area contributed by atoms with E-state index < -0.39 is 0 Å². The average Bonchev–Trinajstić information content (AvgIpc) is 2.14. The van der Waals surface area contributed by atoms with E-state index >= 15 is 0 Å². The van der Waals surface area contributed by atoms with Gasteiger partial charge in [-0.15, -0.1) is 0 Å². The van der Waals surface area contributed by atoms with Crippen LogP contribution in [0.2, 0.25) is 0 Å². The SMILES string of the molecule is CC(N)=O.CC1CCCCCC1. The summed E-state index contributed by atoms with van der Waals surface area (Å²) in [6, 6.07) is 0. The molecule has 0 heterocycles. The summed E-state index contributed by atoms with van der Waals surface area (Å²) in [6.07, 6.45) is 8.93. The van der Waals surface area contributed by atoms with Crippen molar-refractivity contribution in [2.24, 2.45) is 11.7 Å². The van der Waals surface area contributed by atoms with Gasteiger partial charge in [-0.2, -0.15) is 0 Å². The largest absolute Gasteiger partial charge is 0.370 e.